The van der Waals surface area contributed by atoms with Crippen molar-refractivity contribution in [2.75, 3.05) is 0 Å². The minimum absolute atomic E-state index is 0.0823. The number of ketones is 1. The Morgan fingerprint density at radius 3 is 3.11 bits per heavy atom. The van der Waals surface area contributed by atoms with Gasteiger partial charge in [-0.15, -0.1) is 11.3 Å². The van der Waals surface area contributed by atoms with Gasteiger partial charge in [-0.05, 0) is 30.4 Å². The lowest BCUT2D eigenvalue weighted by Crippen LogP contribution is -2.20. The number of fused-ring (bicyclic) bond motifs is 1. The summed E-state index contributed by atoms with van der Waals surface area (Å²) < 4.78 is 0. The second-order valence-electron chi connectivity index (χ2n) is 4.71. The number of carbonyl (C=O) groups excluding carboxylic acids is 1. The van der Waals surface area contributed by atoms with Gasteiger partial charge in [-0.1, -0.05) is 24.3 Å². The number of aryl methyl sites for hydroxylation is 1. The van der Waals surface area contributed by atoms with Crippen molar-refractivity contribution < 1.29 is 4.79 Å². The molecule has 0 saturated carbocycles. The monoisotopic (exact) mass is 257 g/mol. The van der Waals surface area contributed by atoms with Crippen molar-refractivity contribution in [3.05, 3.63) is 52.0 Å². The van der Waals surface area contributed by atoms with Gasteiger partial charge in [-0.25, -0.2) is 4.98 Å². The molecule has 0 N–H and O–H groups in total. The molecule has 1 atom stereocenters. The van der Waals surface area contributed by atoms with Crippen molar-refractivity contribution >= 4 is 17.1 Å². The Kier molecular flexibility index (Phi) is 3.24. The molecule has 1 unspecified atom stereocenters. The zero-order valence-corrected chi connectivity index (χ0v) is 11.0. The molecule has 2 nitrogen and oxygen atoms in total. The molecule has 1 aromatic carbocycles. The van der Waals surface area contributed by atoms with Crippen LogP contribution in [-0.2, 0) is 17.6 Å². The summed E-state index contributed by atoms with van der Waals surface area (Å²) in [5.41, 5.74) is 2.59. The Morgan fingerprint density at radius 2 is 2.28 bits per heavy atom. The van der Waals surface area contributed by atoms with Gasteiger partial charge in [0.15, 0.2) is 0 Å². The summed E-state index contributed by atoms with van der Waals surface area (Å²) in [4.78, 5) is 16.6. The third kappa shape index (κ3) is 2.23. The molecule has 1 aromatic heterocycles. The highest BCUT2D eigenvalue weighted by Gasteiger charge is 2.26. The third-order valence-electron chi connectivity index (χ3n) is 3.57. The predicted molar refractivity (Wildman–Crippen MR) is 72.9 cm³/mol. The van der Waals surface area contributed by atoms with Gasteiger partial charge in [0.05, 0.1) is 11.4 Å². The van der Waals surface area contributed by atoms with E-state index in [1.54, 1.807) is 17.5 Å². The predicted octanol–water partition coefficient (Wildman–Crippen LogP) is 3.37. The van der Waals surface area contributed by atoms with E-state index in [2.05, 4.69) is 23.2 Å². The fraction of sp³-hybridized carbons (Fsp3) is 0.333. The molecular weight excluding hydrogens is 242 g/mol. The fourth-order valence-electron chi connectivity index (χ4n) is 2.70. The summed E-state index contributed by atoms with van der Waals surface area (Å²) >= 11 is 1.56. The maximum absolute atomic E-state index is 12.4. The van der Waals surface area contributed by atoms with Crippen LogP contribution in [0.4, 0.5) is 0 Å². The lowest BCUT2D eigenvalue weighted by Gasteiger charge is -2.24. The Labute approximate surface area is 111 Å². The number of rotatable bonds is 3. The van der Waals surface area contributed by atoms with Crippen LogP contribution >= 0.6 is 11.3 Å². The van der Waals surface area contributed by atoms with Crippen molar-refractivity contribution in [1.82, 2.24) is 4.98 Å². The van der Waals surface area contributed by atoms with Gasteiger partial charge in [-0.3, -0.25) is 4.79 Å². The van der Waals surface area contributed by atoms with Gasteiger partial charge >= 0.3 is 0 Å². The van der Waals surface area contributed by atoms with Gasteiger partial charge < -0.3 is 0 Å². The summed E-state index contributed by atoms with van der Waals surface area (Å²) in [6.07, 6.45) is 5.46. The standard InChI is InChI=1S/C15H15NOS/c17-14(10-15-16-8-9-18-15)13-7-3-5-11-4-1-2-6-12(11)13/h1-2,4,6,8-9,13H,3,5,7,10H2. The lowest BCUT2D eigenvalue weighted by molar-refractivity contribution is -0.120. The maximum Gasteiger partial charge on any atom is 0.147 e. The van der Waals surface area contributed by atoms with Gasteiger partial charge in [-0.2, -0.15) is 0 Å². The van der Waals surface area contributed by atoms with Crippen LogP contribution in [0.25, 0.3) is 0 Å². The summed E-state index contributed by atoms with van der Waals surface area (Å²) in [5.74, 6) is 0.399. The molecule has 1 aliphatic carbocycles. The molecule has 0 fully saturated rings. The first kappa shape index (κ1) is 11.6. The summed E-state index contributed by atoms with van der Waals surface area (Å²) in [6, 6.07) is 8.36. The van der Waals surface area contributed by atoms with Crippen LogP contribution in [0.5, 0.6) is 0 Å². The van der Waals surface area contributed by atoms with Crippen LogP contribution in [0.1, 0.15) is 34.9 Å². The second kappa shape index (κ2) is 5.02. The molecule has 3 heteroatoms. The molecule has 1 aliphatic rings. The minimum Gasteiger partial charge on any atom is -0.299 e. The SMILES string of the molecule is O=C(Cc1nccs1)C1CCCc2ccccc21. The number of nitrogens with zero attached hydrogens (tertiary/aromatic N) is 1. The van der Waals surface area contributed by atoms with Crippen molar-refractivity contribution in [2.24, 2.45) is 0 Å². The third-order valence-corrected chi connectivity index (χ3v) is 4.35. The highest BCUT2D eigenvalue weighted by atomic mass is 32.1. The Bertz CT molecular complexity index is 547. The minimum atomic E-state index is 0.0823. The second-order valence-corrected chi connectivity index (χ2v) is 5.69. The highest BCUT2D eigenvalue weighted by Crippen LogP contribution is 2.32. The van der Waals surface area contributed by atoms with Crippen LogP contribution in [0.2, 0.25) is 0 Å². The van der Waals surface area contributed by atoms with Gasteiger partial charge in [0, 0.05) is 17.5 Å². The Morgan fingerprint density at radius 1 is 1.39 bits per heavy atom. The number of aromatic nitrogens is 1. The summed E-state index contributed by atoms with van der Waals surface area (Å²) in [7, 11) is 0. The molecule has 0 amide bonds. The van der Waals surface area contributed by atoms with E-state index >= 15 is 0 Å². The first-order chi connectivity index (χ1) is 8.84. The van der Waals surface area contributed by atoms with E-state index in [1.165, 1.54) is 11.1 Å². The molecule has 92 valence electrons. The van der Waals surface area contributed by atoms with E-state index in [-0.39, 0.29) is 5.92 Å². The first-order valence-electron chi connectivity index (χ1n) is 6.33. The highest BCUT2D eigenvalue weighted by molar-refractivity contribution is 7.09. The Balaban J connectivity index is 1.83. The zero-order chi connectivity index (χ0) is 12.4. The number of Topliss-reactive ketones (excluding diaryl/α,β-unsaturated/α-hetero) is 1. The molecule has 0 bridgehead atoms. The average Bonchev–Trinajstić information content (AvgIpc) is 2.91. The van der Waals surface area contributed by atoms with E-state index < -0.39 is 0 Å². The van der Waals surface area contributed by atoms with Crippen LogP contribution in [-0.4, -0.2) is 10.8 Å². The number of hydrogen-bond acceptors (Lipinski definition) is 3. The summed E-state index contributed by atoms with van der Waals surface area (Å²) in [6.45, 7) is 0. The van der Waals surface area contributed by atoms with Crippen LogP contribution < -0.4 is 0 Å². The number of thiazole rings is 1. The first-order valence-corrected chi connectivity index (χ1v) is 7.21. The van der Waals surface area contributed by atoms with Gasteiger partial charge in [0.1, 0.15) is 5.78 Å². The molecule has 1 heterocycles. The molecule has 0 spiro atoms. The van der Waals surface area contributed by atoms with Gasteiger partial charge in [0.25, 0.3) is 0 Å². The number of hydrogen-bond donors (Lipinski definition) is 0. The van der Waals surface area contributed by atoms with Crippen molar-refractivity contribution in [1.29, 1.82) is 0 Å². The lowest BCUT2D eigenvalue weighted by atomic mass is 9.80. The van der Waals surface area contributed by atoms with Crippen LogP contribution in [0, 0.1) is 0 Å². The van der Waals surface area contributed by atoms with E-state index in [0.29, 0.717) is 12.2 Å². The van der Waals surface area contributed by atoms with E-state index in [9.17, 15) is 4.79 Å². The smallest absolute Gasteiger partial charge is 0.147 e. The van der Waals surface area contributed by atoms with E-state index in [4.69, 9.17) is 0 Å². The molecule has 3 rings (SSSR count). The molecule has 2 aromatic rings. The molecule has 0 aliphatic heterocycles. The van der Waals surface area contributed by atoms with Crippen molar-refractivity contribution in [3.63, 3.8) is 0 Å². The van der Waals surface area contributed by atoms with Crippen molar-refractivity contribution in [3.8, 4) is 0 Å². The fourth-order valence-corrected chi connectivity index (χ4v) is 3.33. The largest absolute Gasteiger partial charge is 0.299 e. The maximum atomic E-state index is 12.4. The molecule has 18 heavy (non-hydrogen) atoms. The van der Waals surface area contributed by atoms with Crippen molar-refractivity contribution in [2.45, 2.75) is 31.6 Å². The zero-order valence-electron chi connectivity index (χ0n) is 10.1. The normalized spacial score (nSPS) is 18.3. The Hall–Kier alpha value is -1.48. The topological polar surface area (TPSA) is 30.0 Å². The number of carbonyl (C=O) groups is 1. The van der Waals surface area contributed by atoms with E-state index in [0.717, 1.165) is 24.3 Å². The van der Waals surface area contributed by atoms with Crippen LogP contribution in [0.15, 0.2) is 35.8 Å². The molecule has 0 saturated heterocycles. The van der Waals surface area contributed by atoms with E-state index in [1.807, 2.05) is 11.4 Å². The summed E-state index contributed by atoms with van der Waals surface area (Å²) in [5, 5.41) is 2.86. The molecular formula is C15H15NOS. The average molecular weight is 257 g/mol. The van der Waals surface area contributed by atoms with Gasteiger partial charge in [0.2, 0.25) is 0 Å². The van der Waals surface area contributed by atoms with Crippen LogP contribution in [0.3, 0.4) is 0 Å². The number of benzene rings is 1. The quantitative estimate of drug-likeness (QED) is 0.843. The molecule has 0 radical (unpaired) electrons.